The van der Waals surface area contributed by atoms with Crippen molar-refractivity contribution in [2.24, 2.45) is 0 Å². The van der Waals surface area contributed by atoms with Crippen molar-refractivity contribution in [3.8, 4) is 0 Å². The number of nitrogens with zero attached hydrogens (tertiary/aromatic N) is 1. The number of fused-ring (bicyclic) bond motifs is 1. The first-order valence-corrected chi connectivity index (χ1v) is 11.5. The second kappa shape index (κ2) is 9.20. The summed E-state index contributed by atoms with van der Waals surface area (Å²) in [5.74, 6) is 0.166. The van der Waals surface area contributed by atoms with E-state index in [-0.39, 0.29) is 17.8 Å². The highest BCUT2D eigenvalue weighted by atomic mass is 19.1. The number of benzene rings is 3. The molecule has 0 radical (unpaired) electrons. The van der Waals surface area contributed by atoms with Gasteiger partial charge in [0.1, 0.15) is 17.2 Å². The van der Waals surface area contributed by atoms with Crippen molar-refractivity contribution in [3.63, 3.8) is 0 Å². The van der Waals surface area contributed by atoms with Crippen LogP contribution < -0.4 is 5.32 Å². The van der Waals surface area contributed by atoms with E-state index in [1.54, 1.807) is 12.1 Å². The van der Waals surface area contributed by atoms with Gasteiger partial charge < -0.3 is 9.73 Å². The minimum absolute atomic E-state index is 0.195. The van der Waals surface area contributed by atoms with Gasteiger partial charge in [-0.05, 0) is 74.8 Å². The van der Waals surface area contributed by atoms with Gasteiger partial charge in [-0.25, -0.2) is 4.39 Å². The standard InChI is InChI=1S/C28H27FN2O2/c1-19-12-14-20(15-13-19)28(32)30-25-23-10-3-4-11-24(23)33-27(25)26(31-16-5-2-6-17-31)21-8-7-9-22(29)18-21/h3-4,7-15,18,26H,2,5-6,16-17H2,1H3,(H,30,32)/t26-/m0/s1. The van der Waals surface area contributed by atoms with Crippen molar-refractivity contribution in [1.82, 2.24) is 4.90 Å². The van der Waals surface area contributed by atoms with E-state index in [0.29, 0.717) is 22.6 Å². The maximum Gasteiger partial charge on any atom is 0.255 e. The molecule has 0 unspecified atom stereocenters. The molecule has 1 aliphatic heterocycles. The van der Waals surface area contributed by atoms with Gasteiger partial charge in [0, 0.05) is 10.9 Å². The highest BCUT2D eigenvalue weighted by Crippen LogP contribution is 2.41. The molecule has 4 nitrogen and oxygen atoms in total. The average Bonchev–Trinajstić information content (AvgIpc) is 3.18. The maximum absolute atomic E-state index is 14.3. The van der Waals surface area contributed by atoms with Crippen LogP contribution in [0.25, 0.3) is 11.0 Å². The van der Waals surface area contributed by atoms with Crippen LogP contribution in [0.4, 0.5) is 10.1 Å². The fourth-order valence-electron chi connectivity index (χ4n) is 4.66. The van der Waals surface area contributed by atoms with E-state index in [4.69, 9.17) is 4.42 Å². The number of nitrogens with one attached hydrogen (secondary N) is 1. The summed E-state index contributed by atoms with van der Waals surface area (Å²) in [5, 5.41) is 3.96. The lowest BCUT2D eigenvalue weighted by Crippen LogP contribution is -2.34. The topological polar surface area (TPSA) is 45.5 Å². The van der Waals surface area contributed by atoms with Gasteiger partial charge in [0.25, 0.3) is 5.91 Å². The molecule has 0 bridgehead atoms. The van der Waals surface area contributed by atoms with E-state index in [0.717, 1.165) is 42.4 Å². The van der Waals surface area contributed by atoms with Gasteiger partial charge in [-0.1, -0.05) is 48.4 Å². The zero-order chi connectivity index (χ0) is 22.8. The maximum atomic E-state index is 14.3. The van der Waals surface area contributed by atoms with Gasteiger partial charge in [0.05, 0.1) is 11.7 Å². The molecule has 5 heteroatoms. The smallest absolute Gasteiger partial charge is 0.255 e. The number of carbonyl (C=O) groups is 1. The van der Waals surface area contributed by atoms with Crippen LogP contribution in [0.3, 0.4) is 0 Å². The fourth-order valence-corrected chi connectivity index (χ4v) is 4.66. The van der Waals surface area contributed by atoms with Crippen LogP contribution in [0, 0.1) is 12.7 Å². The Morgan fingerprint density at radius 3 is 2.48 bits per heavy atom. The second-order valence-corrected chi connectivity index (χ2v) is 8.71. The van der Waals surface area contributed by atoms with Gasteiger partial charge in [0.15, 0.2) is 0 Å². The Hall–Kier alpha value is -3.44. The molecule has 1 atom stereocenters. The molecule has 0 saturated carbocycles. The van der Waals surface area contributed by atoms with Crippen LogP contribution in [0.1, 0.15) is 52.5 Å². The molecule has 1 amide bonds. The Morgan fingerprint density at radius 1 is 0.970 bits per heavy atom. The van der Waals surface area contributed by atoms with E-state index in [2.05, 4.69) is 10.2 Å². The quantitative estimate of drug-likeness (QED) is 0.374. The third-order valence-corrected chi connectivity index (χ3v) is 6.34. The molecule has 1 saturated heterocycles. The van der Waals surface area contributed by atoms with Gasteiger partial charge >= 0.3 is 0 Å². The normalized spacial score (nSPS) is 15.5. The SMILES string of the molecule is Cc1ccc(C(=O)Nc2c([C@H](c3cccc(F)c3)N3CCCCC3)oc3ccccc23)cc1. The molecule has 1 fully saturated rings. The Bertz CT molecular complexity index is 1270. The monoisotopic (exact) mass is 442 g/mol. The van der Waals surface area contributed by atoms with Crippen LogP contribution in [0.5, 0.6) is 0 Å². The first kappa shape index (κ1) is 21.4. The number of hydrogen-bond acceptors (Lipinski definition) is 3. The fraction of sp³-hybridized carbons (Fsp3) is 0.250. The Kier molecular flexibility index (Phi) is 5.97. The molecule has 4 aromatic rings. The summed E-state index contributed by atoms with van der Waals surface area (Å²) in [6, 6.07) is 21.6. The number of rotatable bonds is 5. The lowest BCUT2D eigenvalue weighted by Gasteiger charge is -2.34. The van der Waals surface area contributed by atoms with Crippen LogP contribution in [-0.2, 0) is 0 Å². The lowest BCUT2D eigenvalue weighted by atomic mass is 9.98. The highest BCUT2D eigenvalue weighted by Gasteiger charge is 2.31. The Labute approximate surface area is 193 Å². The molecule has 0 spiro atoms. The van der Waals surface area contributed by atoms with Crippen LogP contribution in [0.15, 0.2) is 77.2 Å². The number of piperidine rings is 1. The number of halogens is 1. The molecule has 3 aromatic carbocycles. The lowest BCUT2D eigenvalue weighted by molar-refractivity contribution is 0.102. The summed E-state index contributed by atoms with van der Waals surface area (Å²) in [5.41, 5.74) is 3.84. The van der Waals surface area contributed by atoms with Gasteiger partial charge in [0.2, 0.25) is 0 Å². The summed E-state index contributed by atoms with van der Waals surface area (Å²) in [6.07, 6.45) is 3.34. The number of para-hydroxylation sites is 1. The highest BCUT2D eigenvalue weighted by molar-refractivity contribution is 6.09. The number of amides is 1. The number of anilines is 1. The first-order valence-electron chi connectivity index (χ1n) is 11.5. The number of aryl methyl sites for hydroxylation is 1. The molecule has 1 N–H and O–H groups in total. The largest absolute Gasteiger partial charge is 0.457 e. The van der Waals surface area contributed by atoms with E-state index >= 15 is 0 Å². The van der Waals surface area contributed by atoms with Gasteiger partial charge in [-0.2, -0.15) is 0 Å². The minimum Gasteiger partial charge on any atom is -0.457 e. The van der Waals surface area contributed by atoms with Crippen LogP contribution >= 0.6 is 0 Å². The van der Waals surface area contributed by atoms with Gasteiger partial charge in [-0.15, -0.1) is 0 Å². The molecule has 1 aliphatic rings. The zero-order valence-corrected chi connectivity index (χ0v) is 18.7. The summed E-state index contributed by atoms with van der Waals surface area (Å²) < 4.78 is 20.6. The third-order valence-electron chi connectivity index (χ3n) is 6.34. The van der Waals surface area contributed by atoms with Crippen molar-refractivity contribution < 1.29 is 13.6 Å². The molecule has 5 rings (SSSR count). The third kappa shape index (κ3) is 4.41. The molecule has 33 heavy (non-hydrogen) atoms. The first-order chi connectivity index (χ1) is 16.1. The van der Waals surface area contributed by atoms with E-state index < -0.39 is 0 Å². The van der Waals surface area contributed by atoms with Crippen LogP contribution in [-0.4, -0.2) is 23.9 Å². The number of hydrogen-bond donors (Lipinski definition) is 1. The Morgan fingerprint density at radius 2 is 1.73 bits per heavy atom. The summed E-state index contributed by atoms with van der Waals surface area (Å²) in [6.45, 7) is 3.78. The number of likely N-dealkylation sites (tertiary alicyclic amines) is 1. The van der Waals surface area contributed by atoms with Crippen molar-refractivity contribution >= 4 is 22.6 Å². The number of furan rings is 1. The van der Waals surface area contributed by atoms with E-state index in [1.807, 2.05) is 61.5 Å². The van der Waals surface area contributed by atoms with Crippen molar-refractivity contribution in [2.45, 2.75) is 32.2 Å². The zero-order valence-electron chi connectivity index (χ0n) is 18.7. The van der Waals surface area contributed by atoms with Crippen molar-refractivity contribution in [2.75, 3.05) is 18.4 Å². The predicted molar refractivity (Wildman–Crippen MR) is 129 cm³/mol. The Balaban J connectivity index is 1.63. The van der Waals surface area contributed by atoms with E-state index in [1.165, 1.54) is 12.5 Å². The van der Waals surface area contributed by atoms with E-state index in [9.17, 15) is 9.18 Å². The molecule has 168 valence electrons. The number of carbonyl (C=O) groups excluding carboxylic acids is 1. The molecule has 1 aromatic heterocycles. The summed E-state index contributed by atoms with van der Waals surface area (Å²) in [4.78, 5) is 15.5. The summed E-state index contributed by atoms with van der Waals surface area (Å²) in [7, 11) is 0. The second-order valence-electron chi connectivity index (χ2n) is 8.71. The van der Waals surface area contributed by atoms with Gasteiger partial charge in [-0.3, -0.25) is 9.69 Å². The van der Waals surface area contributed by atoms with Crippen LogP contribution in [0.2, 0.25) is 0 Å². The molecule has 2 heterocycles. The predicted octanol–water partition coefficient (Wildman–Crippen LogP) is 6.71. The molecule has 0 aliphatic carbocycles. The minimum atomic E-state index is -0.290. The van der Waals surface area contributed by atoms with Crippen molar-refractivity contribution in [3.05, 3.63) is 101 Å². The van der Waals surface area contributed by atoms with Crippen molar-refractivity contribution in [1.29, 1.82) is 0 Å². The molecular formula is C28H27FN2O2. The average molecular weight is 443 g/mol. The summed E-state index contributed by atoms with van der Waals surface area (Å²) >= 11 is 0. The molecular weight excluding hydrogens is 415 g/mol.